The van der Waals surface area contributed by atoms with Gasteiger partial charge in [0.25, 0.3) is 0 Å². The first-order valence-corrected chi connectivity index (χ1v) is 17.9. The third kappa shape index (κ3) is 6.20. The average Bonchev–Trinajstić information content (AvgIpc) is 3.66. The second-order valence-electron chi connectivity index (χ2n) is 15.1. The first-order chi connectivity index (χ1) is 23.1. The Kier molecular flexibility index (Phi) is 8.62. The largest absolute Gasteiger partial charge is 2.00 e. The van der Waals surface area contributed by atoms with Crippen LogP contribution in [0.2, 0.25) is 0 Å². The number of rotatable bonds is 5. The Morgan fingerprint density at radius 2 is 1.40 bits per heavy atom. The number of nitrogens with zero attached hydrogens (tertiary/aromatic N) is 2. The van der Waals surface area contributed by atoms with Crippen LogP contribution in [-0.2, 0) is 46.7 Å². The number of aromatic nitrogens is 2. The van der Waals surface area contributed by atoms with E-state index in [-0.39, 0.29) is 21.1 Å². The smallest absolute Gasteiger partial charge is 0.460 e. The van der Waals surface area contributed by atoms with Crippen LogP contribution in [0.15, 0.2) is 91.1 Å². The van der Waals surface area contributed by atoms with Crippen LogP contribution >= 0.6 is 0 Å². The van der Waals surface area contributed by atoms with Gasteiger partial charge in [-0.05, 0) is 115 Å². The molecule has 0 bridgehead atoms. The van der Waals surface area contributed by atoms with Gasteiger partial charge in [0.2, 0.25) is 5.88 Å². The summed E-state index contributed by atoms with van der Waals surface area (Å²) in [7, 11) is 0. The molecular formula is C44H42N2OPt. The molecule has 2 aromatic heterocycles. The second-order valence-corrected chi connectivity index (χ2v) is 15.1. The van der Waals surface area contributed by atoms with Crippen LogP contribution in [-0.4, -0.2) is 9.97 Å². The van der Waals surface area contributed by atoms with Gasteiger partial charge in [0.1, 0.15) is 0 Å². The monoisotopic (exact) mass is 809 g/mol. The number of fused-ring (bicyclic) bond motifs is 2. The van der Waals surface area contributed by atoms with E-state index in [4.69, 9.17) is 14.7 Å². The number of benzene rings is 3. The summed E-state index contributed by atoms with van der Waals surface area (Å²) in [6, 6.07) is 37.0. The van der Waals surface area contributed by atoms with Crippen molar-refractivity contribution in [2.75, 3.05) is 0 Å². The van der Waals surface area contributed by atoms with Gasteiger partial charge in [-0.2, -0.15) is 30.3 Å². The molecule has 9 rings (SSSR count). The molecule has 3 nitrogen and oxygen atoms in total. The van der Waals surface area contributed by atoms with E-state index >= 15 is 0 Å². The topological polar surface area (TPSA) is 35.0 Å². The molecule has 0 aliphatic heterocycles. The molecule has 2 spiro atoms. The van der Waals surface area contributed by atoms with E-state index < -0.39 is 0 Å². The minimum Gasteiger partial charge on any atom is -0.460 e. The van der Waals surface area contributed by atoms with Gasteiger partial charge >= 0.3 is 21.1 Å². The number of ether oxygens (including phenoxy) is 1. The van der Waals surface area contributed by atoms with Crippen molar-refractivity contribution in [2.24, 2.45) is 10.8 Å². The van der Waals surface area contributed by atoms with E-state index in [0.717, 1.165) is 53.9 Å². The predicted molar refractivity (Wildman–Crippen MR) is 188 cm³/mol. The SMILES string of the molecule is [Pt+2].[c-]1ccccc1-c1[c-]c(Oc2cccc(-c3cc4c(cn3)CC3(Cc5ccccc5C3)C4)n2)cc(C2CCC3(CCCCC3)CC2)c1. The number of pyridine rings is 2. The molecule has 0 amide bonds. The van der Waals surface area contributed by atoms with E-state index in [0.29, 0.717) is 22.6 Å². The van der Waals surface area contributed by atoms with Crippen LogP contribution in [0.1, 0.15) is 91.5 Å². The van der Waals surface area contributed by atoms with Gasteiger partial charge in [-0.15, -0.1) is 17.7 Å². The molecule has 4 aliphatic carbocycles. The van der Waals surface area contributed by atoms with Crippen molar-refractivity contribution in [3.63, 3.8) is 0 Å². The van der Waals surface area contributed by atoms with Crippen molar-refractivity contribution < 1.29 is 25.8 Å². The fourth-order valence-electron chi connectivity index (χ4n) is 9.54. The maximum absolute atomic E-state index is 6.54. The average molecular weight is 810 g/mol. The minimum atomic E-state index is 0. The fraction of sp³-hybridized carbons (Fsp3) is 0.364. The predicted octanol–water partition coefficient (Wildman–Crippen LogP) is 10.7. The molecule has 2 fully saturated rings. The normalized spacial score (nSPS) is 19.1. The first-order valence-electron chi connectivity index (χ1n) is 17.9. The first kappa shape index (κ1) is 31.7. The number of hydrogen-bond donors (Lipinski definition) is 0. The van der Waals surface area contributed by atoms with Gasteiger partial charge in [-0.25, -0.2) is 16.1 Å². The van der Waals surface area contributed by atoms with Crippen LogP contribution in [0, 0.1) is 23.0 Å². The van der Waals surface area contributed by atoms with Gasteiger partial charge in [-0.1, -0.05) is 55.7 Å². The Morgan fingerprint density at radius 3 is 2.17 bits per heavy atom. The summed E-state index contributed by atoms with van der Waals surface area (Å²) in [6.07, 6.45) is 19.0. The molecule has 0 radical (unpaired) electrons. The van der Waals surface area contributed by atoms with Crippen molar-refractivity contribution in [1.29, 1.82) is 0 Å². The third-order valence-electron chi connectivity index (χ3n) is 12.0. The standard InChI is InChI=1S/C44H42N2O.Pt/c1-3-10-31(11-4-1)35-22-36(32-16-20-43(21-17-32)18-7-2-8-19-43)24-39(23-35)47-42-15-9-14-40(46-42)41-25-37-28-44(29-38(37)30-45-41)26-33-12-5-6-13-34(33)27-44;/h1,3-6,9-10,12-15,22,24-25,30,32H,2,7-8,16-21,26-29H2;/q-2;+2. The molecule has 4 heteroatoms. The molecule has 4 aliphatic rings. The van der Waals surface area contributed by atoms with E-state index in [1.165, 1.54) is 85.6 Å². The van der Waals surface area contributed by atoms with Crippen molar-refractivity contribution in [3.8, 4) is 34.1 Å². The Labute approximate surface area is 299 Å². The molecule has 0 unspecified atom stereocenters. The molecule has 48 heavy (non-hydrogen) atoms. The van der Waals surface area contributed by atoms with E-state index in [2.05, 4.69) is 72.9 Å². The van der Waals surface area contributed by atoms with Gasteiger partial charge in [0, 0.05) is 18.0 Å². The molecular weight excluding hydrogens is 768 g/mol. The van der Waals surface area contributed by atoms with Crippen LogP contribution in [0.25, 0.3) is 22.5 Å². The van der Waals surface area contributed by atoms with Crippen molar-refractivity contribution in [3.05, 3.63) is 131 Å². The summed E-state index contributed by atoms with van der Waals surface area (Å²) in [5, 5.41) is 0. The van der Waals surface area contributed by atoms with E-state index in [9.17, 15) is 0 Å². The zero-order valence-electron chi connectivity index (χ0n) is 27.5. The van der Waals surface area contributed by atoms with E-state index in [1.807, 2.05) is 30.3 Å². The molecule has 0 saturated heterocycles. The molecule has 2 heterocycles. The molecule has 5 aromatic rings. The molecule has 244 valence electrons. The van der Waals surface area contributed by atoms with Gasteiger partial charge < -0.3 is 4.74 Å². The van der Waals surface area contributed by atoms with Crippen LogP contribution in [0.4, 0.5) is 0 Å². The fourth-order valence-corrected chi connectivity index (χ4v) is 9.54. The zero-order valence-corrected chi connectivity index (χ0v) is 29.8. The zero-order chi connectivity index (χ0) is 31.3. The summed E-state index contributed by atoms with van der Waals surface area (Å²) >= 11 is 0. The van der Waals surface area contributed by atoms with Crippen molar-refractivity contribution in [1.82, 2.24) is 9.97 Å². The van der Waals surface area contributed by atoms with Crippen LogP contribution in [0.5, 0.6) is 11.6 Å². The van der Waals surface area contributed by atoms with Crippen molar-refractivity contribution >= 4 is 0 Å². The van der Waals surface area contributed by atoms with Crippen LogP contribution < -0.4 is 4.74 Å². The summed E-state index contributed by atoms with van der Waals surface area (Å²) < 4.78 is 6.54. The van der Waals surface area contributed by atoms with E-state index in [1.54, 1.807) is 0 Å². The summed E-state index contributed by atoms with van der Waals surface area (Å²) in [5.41, 5.74) is 12.0. The molecule has 2 saturated carbocycles. The maximum atomic E-state index is 6.54. The Morgan fingerprint density at radius 1 is 0.646 bits per heavy atom. The maximum Gasteiger partial charge on any atom is 2.00 e. The van der Waals surface area contributed by atoms with Gasteiger partial charge in [0.15, 0.2) is 0 Å². The third-order valence-corrected chi connectivity index (χ3v) is 12.0. The number of hydrogen-bond acceptors (Lipinski definition) is 3. The molecule has 0 N–H and O–H groups in total. The second kappa shape index (κ2) is 13.1. The molecule has 3 aromatic carbocycles. The van der Waals surface area contributed by atoms with Crippen molar-refractivity contribution in [2.45, 2.75) is 89.4 Å². The summed E-state index contributed by atoms with van der Waals surface area (Å²) in [4.78, 5) is 9.88. The van der Waals surface area contributed by atoms with Gasteiger partial charge in [0.05, 0.1) is 11.4 Å². The van der Waals surface area contributed by atoms with Gasteiger partial charge in [-0.3, -0.25) is 4.98 Å². The minimum absolute atomic E-state index is 0. The van der Waals surface area contributed by atoms with Crippen LogP contribution in [0.3, 0.4) is 0 Å². The Bertz CT molecular complexity index is 1890. The summed E-state index contributed by atoms with van der Waals surface area (Å²) in [5.74, 6) is 1.85. The quantitative estimate of drug-likeness (QED) is 0.166. The molecule has 0 atom stereocenters. The summed E-state index contributed by atoms with van der Waals surface area (Å²) in [6.45, 7) is 0. The Hall–Kier alpha value is -3.55. The Balaban J connectivity index is 0.00000336.